The third-order valence-electron chi connectivity index (χ3n) is 8.11. The number of H-pyrrole nitrogens is 1. The number of benzene rings is 2. The third-order valence-corrected chi connectivity index (χ3v) is 8.11. The zero-order chi connectivity index (χ0) is 28.8. The number of ether oxygens (including phenoxy) is 2. The number of esters is 1. The highest BCUT2D eigenvalue weighted by Crippen LogP contribution is 2.44. The Morgan fingerprint density at radius 2 is 1.98 bits per heavy atom. The van der Waals surface area contributed by atoms with Crippen molar-refractivity contribution in [3.8, 4) is 5.75 Å². The average Bonchev–Trinajstić information content (AvgIpc) is 3.21. The molecule has 2 atom stereocenters. The summed E-state index contributed by atoms with van der Waals surface area (Å²) >= 11 is 0. The average molecular weight is 544 g/mol. The van der Waals surface area contributed by atoms with Gasteiger partial charge in [0.1, 0.15) is 17.4 Å². The Bertz CT molecular complexity index is 1640. The van der Waals surface area contributed by atoms with Gasteiger partial charge in [-0.25, -0.2) is 4.68 Å². The molecule has 1 aliphatic heterocycles. The van der Waals surface area contributed by atoms with Gasteiger partial charge in [0.25, 0.3) is 0 Å². The molecule has 5 rings (SSSR count). The maximum atomic E-state index is 13.2. The summed E-state index contributed by atoms with van der Waals surface area (Å²) in [5, 5.41) is 8.61. The first-order chi connectivity index (χ1) is 19.0. The number of hydrogen-bond donors (Lipinski definition) is 1. The van der Waals surface area contributed by atoms with E-state index in [0.717, 1.165) is 50.3 Å². The van der Waals surface area contributed by atoms with Gasteiger partial charge < -0.3 is 14.5 Å². The molecule has 2 aromatic heterocycles. The lowest BCUT2D eigenvalue weighted by Crippen LogP contribution is -2.34. The van der Waals surface area contributed by atoms with E-state index in [0.29, 0.717) is 19.6 Å². The van der Waals surface area contributed by atoms with Gasteiger partial charge in [-0.1, -0.05) is 29.5 Å². The first kappa shape index (κ1) is 27.6. The monoisotopic (exact) mass is 543 g/mol. The molecule has 2 aromatic carbocycles. The van der Waals surface area contributed by atoms with Crippen LogP contribution in [0.2, 0.25) is 0 Å². The van der Waals surface area contributed by atoms with Crippen molar-refractivity contribution >= 4 is 17.0 Å². The van der Waals surface area contributed by atoms with Crippen LogP contribution in [0, 0.1) is 19.3 Å². The van der Waals surface area contributed by atoms with E-state index >= 15 is 0 Å². The molecule has 40 heavy (non-hydrogen) atoms. The first-order valence-corrected chi connectivity index (χ1v) is 13.6. The summed E-state index contributed by atoms with van der Waals surface area (Å²) in [7, 11) is 3.31. The summed E-state index contributed by atoms with van der Waals surface area (Å²) in [4.78, 5) is 30.4. The van der Waals surface area contributed by atoms with Gasteiger partial charge in [0.05, 0.1) is 23.7 Å². The Morgan fingerprint density at radius 1 is 1.20 bits per heavy atom. The van der Waals surface area contributed by atoms with Gasteiger partial charge in [0.2, 0.25) is 5.56 Å². The van der Waals surface area contributed by atoms with Crippen molar-refractivity contribution in [3.63, 3.8) is 0 Å². The number of methoxy groups -OCH3 is 1. The van der Waals surface area contributed by atoms with Gasteiger partial charge in [0, 0.05) is 38.7 Å². The molecule has 210 valence electrons. The van der Waals surface area contributed by atoms with Gasteiger partial charge in [0.15, 0.2) is 0 Å². The number of fused-ring (bicyclic) bond motifs is 2. The number of carbonyl (C=O) groups is 1. The standard InChI is InChI=1S/C31H37N5O4/c1-18-8-9-21(14-22(18)16-36-15-19(2)40-26-12-13-27(37)32-24(26)17-36)28(31(4,5)30(38)39-7)23-10-11-25-29(20(23)3)33-34-35(25)6/h8-14,19,28H,15-17H2,1-7H3,(H,32,37)/t19-,28?/m0/s1. The van der Waals surface area contributed by atoms with Crippen molar-refractivity contribution in [2.24, 2.45) is 12.5 Å². The van der Waals surface area contributed by atoms with Crippen LogP contribution in [-0.4, -0.2) is 50.6 Å². The fourth-order valence-corrected chi connectivity index (χ4v) is 5.97. The van der Waals surface area contributed by atoms with Crippen molar-refractivity contribution in [1.29, 1.82) is 0 Å². The summed E-state index contributed by atoms with van der Waals surface area (Å²) in [6.07, 6.45) is -0.0389. The molecular formula is C31H37N5O4. The molecule has 1 N–H and O–H groups in total. The predicted octanol–water partition coefficient (Wildman–Crippen LogP) is 4.39. The molecule has 0 radical (unpaired) electrons. The fourth-order valence-electron chi connectivity index (χ4n) is 5.97. The summed E-state index contributed by atoms with van der Waals surface area (Å²) in [6.45, 7) is 12.0. The number of nitrogens with zero attached hydrogens (tertiary/aromatic N) is 4. The number of aromatic amines is 1. The molecule has 0 amide bonds. The molecule has 0 fully saturated rings. The normalized spacial score (nSPS) is 16.7. The first-order valence-electron chi connectivity index (χ1n) is 13.6. The van der Waals surface area contributed by atoms with E-state index in [2.05, 4.69) is 51.4 Å². The number of rotatable bonds is 6. The highest BCUT2D eigenvalue weighted by atomic mass is 16.5. The van der Waals surface area contributed by atoms with Crippen LogP contribution >= 0.6 is 0 Å². The van der Waals surface area contributed by atoms with E-state index in [4.69, 9.17) is 9.47 Å². The molecule has 9 nitrogen and oxygen atoms in total. The second kappa shape index (κ2) is 10.5. The zero-order valence-corrected chi connectivity index (χ0v) is 24.2. The number of aromatic nitrogens is 4. The maximum absolute atomic E-state index is 13.2. The van der Waals surface area contributed by atoms with E-state index in [1.165, 1.54) is 13.2 Å². The van der Waals surface area contributed by atoms with Gasteiger partial charge in [-0.05, 0) is 74.6 Å². The van der Waals surface area contributed by atoms with Crippen LogP contribution in [0.1, 0.15) is 60.2 Å². The second-order valence-electron chi connectivity index (χ2n) is 11.5. The van der Waals surface area contributed by atoms with Crippen LogP contribution in [0.25, 0.3) is 11.0 Å². The van der Waals surface area contributed by atoms with Gasteiger partial charge >= 0.3 is 5.97 Å². The molecule has 0 spiro atoms. The van der Waals surface area contributed by atoms with Crippen molar-refractivity contribution in [3.05, 3.63) is 86.3 Å². The quantitative estimate of drug-likeness (QED) is 0.360. The van der Waals surface area contributed by atoms with Gasteiger partial charge in [-0.15, -0.1) is 5.10 Å². The largest absolute Gasteiger partial charge is 0.488 e. The van der Waals surface area contributed by atoms with Gasteiger partial charge in [-0.2, -0.15) is 0 Å². The van der Waals surface area contributed by atoms with E-state index < -0.39 is 5.41 Å². The molecular weight excluding hydrogens is 506 g/mol. The van der Waals surface area contributed by atoms with Crippen LogP contribution in [0.4, 0.5) is 0 Å². The molecule has 0 aliphatic carbocycles. The topological polar surface area (TPSA) is 102 Å². The Balaban J connectivity index is 1.57. The summed E-state index contributed by atoms with van der Waals surface area (Å²) in [5.41, 5.74) is 6.88. The van der Waals surface area contributed by atoms with Crippen LogP contribution < -0.4 is 10.3 Å². The minimum Gasteiger partial charge on any atom is -0.488 e. The molecule has 0 bridgehead atoms. The minimum atomic E-state index is -0.856. The zero-order valence-electron chi connectivity index (χ0n) is 24.2. The van der Waals surface area contributed by atoms with E-state index in [1.807, 2.05) is 40.8 Å². The SMILES string of the molecule is COC(=O)C(C)(C)C(c1ccc(C)c(CN2Cc3[nH]c(=O)ccc3O[C@@H](C)C2)c1)c1ccc2c(nnn2C)c1C. The Hall–Kier alpha value is -3.98. The fraction of sp³-hybridized carbons (Fsp3) is 0.419. The number of hydrogen-bond acceptors (Lipinski definition) is 7. The van der Waals surface area contributed by atoms with Gasteiger partial charge in [-0.3, -0.25) is 14.5 Å². The lowest BCUT2D eigenvalue weighted by molar-refractivity contribution is -0.151. The molecule has 0 saturated carbocycles. The summed E-state index contributed by atoms with van der Waals surface area (Å²) in [6, 6.07) is 13.8. The Morgan fingerprint density at radius 3 is 2.73 bits per heavy atom. The van der Waals surface area contributed by atoms with Crippen LogP contribution in [-0.2, 0) is 29.7 Å². The number of aryl methyl sites for hydroxylation is 3. The predicted molar refractivity (Wildman–Crippen MR) is 153 cm³/mol. The van der Waals surface area contributed by atoms with Crippen molar-refractivity contribution < 1.29 is 14.3 Å². The highest BCUT2D eigenvalue weighted by molar-refractivity contribution is 5.82. The molecule has 4 aromatic rings. The molecule has 3 heterocycles. The second-order valence-corrected chi connectivity index (χ2v) is 11.5. The minimum absolute atomic E-state index is 0.0389. The van der Waals surface area contributed by atoms with Crippen LogP contribution in [0.5, 0.6) is 5.75 Å². The lowest BCUT2D eigenvalue weighted by Gasteiger charge is -2.34. The highest BCUT2D eigenvalue weighted by Gasteiger charge is 2.41. The summed E-state index contributed by atoms with van der Waals surface area (Å²) in [5.74, 6) is 0.154. The number of nitrogens with one attached hydrogen (secondary N) is 1. The summed E-state index contributed by atoms with van der Waals surface area (Å²) < 4.78 is 13.1. The molecule has 9 heteroatoms. The van der Waals surface area contributed by atoms with Crippen molar-refractivity contribution in [1.82, 2.24) is 24.9 Å². The van der Waals surface area contributed by atoms with E-state index in [9.17, 15) is 9.59 Å². The van der Waals surface area contributed by atoms with Crippen molar-refractivity contribution in [2.75, 3.05) is 13.7 Å². The Labute approximate surface area is 234 Å². The van der Waals surface area contributed by atoms with E-state index in [-0.39, 0.29) is 23.6 Å². The number of carbonyl (C=O) groups excluding carboxylic acids is 1. The van der Waals surface area contributed by atoms with Crippen molar-refractivity contribution in [2.45, 2.75) is 59.7 Å². The number of pyridine rings is 1. The maximum Gasteiger partial charge on any atom is 0.312 e. The lowest BCUT2D eigenvalue weighted by atomic mass is 9.69. The third kappa shape index (κ3) is 5.01. The molecule has 1 unspecified atom stereocenters. The smallest absolute Gasteiger partial charge is 0.312 e. The van der Waals surface area contributed by atoms with Crippen LogP contribution in [0.3, 0.4) is 0 Å². The molecule has 0 saturated heterocycles. The van der Waals surface area contributed by atoms with Crippen LogP contribution in [0.15, 0.2) is 47.3 Å². The Kier molecular flexibility index (Phi) is 7.27. The van der Waals surface area contributed by atoms with E-state index in [1.54, 1.807) is 10.7 Å². The molecule has 1 aliphatic rings.